The number of aromatic nitrogens is 3. The first-order valence-corrected chi connectivity index (χ1v) is 10.7. The van der Waals surface area contributed by atoms with Crippen LogP contribution < -0.4 is 0 Å². The van der Waals surface area contributed by atoms with E-state index >= 15 is 0 Å². The minimum absolute atomic E-state index is 0.252. The fourth-order valence-corrected chi connectivity index (χ4v) is 4.38. The normalized spacial score (nSPS) is 11.2. The maximum absolute atomic E-state index is 11.6. The molecule has 0 radical (unpaired) electrons. The van der Waals surface area contributed by atoms with Gasteiger partial charge in [-0.25, -0.2) is 9.78 Å². The van der Waals surface area contributed by atoms with Crippen LogP contribution in [0.25, 0.3) is 33.3 Å². The highest BCUT2D eigenvalue weighted by molar-refractivity contribution is 5.98. The Bertz CT molecular complexity index is 1490. The molecule has 2 aromatic carbocycles. The van der Waals surface area contributed by atoms with Crippen molar-refractivity contribution < 1.29 is 14.4 Å². The van der Waals surface area contributed by atoms with Crippen LogP contribution in [0.4, 0.5) is 0 Å². The molecule has 0 spiro atoms. The highest BCUT2D eigenvalue weighted by Crippen LogP contribution is 2.35. The minimum atomic E-state index is -0.949. The van der Waals surface area contributed by atoms with E-state index in [2.05, 4.69) is 53.2 Å². The van der Waals surface area contributed by atoms with Gasteiger partial charge in [-0.2, -0.15) is 0 Å². The van der Waals surface area contributed by atoms with E-state index in [1.54, 1.807) is 18.2 Å². The number of aryl methyl sites for hydroxylation is 3. The van der Waals surface area contributed by atoms with Crippen molar-refractivity contribution in [3.05, 3.63) is 95.1 Å². The standard InChI is InChI=1S/C27H23N3O3/c1-16-6-4-7-19(10-16)14-30-15-24(20-8-5-9-21(11-20)27(31)32)23-12-22(13-28-26(23)30)25-17(2)29-33-18(25)3/h4-13,15H,14H2,1-3H3,(H,31,32). The lowest BCUT2D eigenvalue weighted by Gasteiger charge is -2.07. The van der Waals surface area contributed by atoms with E-state index in [1.165, 1.54) is 11.1 Å². The second-order valence-electron chi connectivity index (χ2n) is 8.34. The molecule has 0 aliphatic rings. The third-order valence-corrected chi connectivity index (χ3v) is 5.89. The molecule has 5 rings (SSSR count). The number of fused-ring (bicyclic) bond motifs is 1. The Balaban J connectivity index is 1.72. The number of hydrogen-bond acceptors (Lipinski definition) is 4. The molecule has 0 fully saturated rings. The van der Waals surface area contributed by atoms with Crippen molar-refractivity contribution in [2.45, 2.75) is 27.3 Å². The number of carboxylic acids is 1. The van der Waals surface area contributed by atoms with Crippen molar-refractivity contribution in [3.8, 4) is 22.3 Å². The molecule has 0 aliphatic heterocycles. The van der Waals surface area contributed by atoms with Crippen LogP contribution in [0.15, 0.2) is 71.5 Å². The minimum Gasteiger partial charge on any atom is -0.478 e. The van der Waals surface area contributed by atoms with E-state index in [1.807, 2.05) is 26.1 Å². The van der Waals surface area contributed by atoms with E-state index in [-0.39, 0.29) is 5.56 Å². The van der Waals surface area contributed by atoms with Gasteiger partial charge < -0.3 is 14.2 Å². The number of pyridine rings is 1. The molecular weight excluding hydrogens is 414 g/mol. The van der Waals surface area contributed by atoms with E-state index in [4.69, 9.17) is 9.51 Å². The van der Waals surface area contributed by atoms with E-state index < -0.39 is 5.97 Å². The highest BCUT2D eigenvalue weighted by Gasteiger charge is 2.18. The number of aromatic carboxylic acids is 1. The second kappa shape index (κ2) is 8.06. The van der Waals surface area contributed by atoms with Gasteiger partial charge in [-0.3, -0.25) is 0 Å². The van der Waals surface area contributed by atoms with E-state index in [0.717, 1.165) is 44.7 Å². The SMILES string of the molecule is Cc1cccc(Cn2cc(-c3cccc(C(=O)O)c3)c3cc(-c4c(C)noc4C)cnc32)c1. The van der Waals surface area contributed by atoms with Gasteiger partial charge in [0.15, 0.2) is 0 Å². The van der Waals surface area contributed by atoms with E-state index in [9.17, 15) is 9.90 Å². The summed E-state index contributed by atoms with van der Waals surface area (Å²) in [6, 6.07) is 17.5. The monoisotopic (exact) mass is 437 g/mol. The van der Waals surface area contributed by atoms with Crippen molar-refractivity contribution in [2.24, 2.45) is 0 Å². The summed E-state index contributed by atoms with van der Waals surface area (Å²) < 4.78 is 7.48. The number of carboxylic acid groups (broad SMARTS) is 1. The lowest BCUT2D eigenvalue weighted by atomic mass is 10.0. The summed E-state index contributed by atoms with van der Waals surface area (Å²) in [7, 11) is 0. The van der Waals surface area contributed by atoms with Crippen LogP contribution in [0.5, 0.6) is 0 Å². The quantitative estimate of drug-likeness (QED) is 0.363. The molecule has 33 heavy (non-hydrogen) atoms. The average Bonchev–Trinajstić information content (AvgIpc) is 3.32. The first-order valence-electron chi connectivity index (χ1n) is 10.7. The van der Waals surface area contributed by atoms with Crippen LogP contribution in [0.2, 0.25) is 0 Å². The Morgan fingerprint density at radius 3 is 2.58 bits per heavy atom. The molecule has 0 bridgehead atoms. The van der Waals surface area contributed by atoms with Crippen molar-refractivity contribution in [2.75, 3.05) is 0 Å². The molecule has 0 atom stereocenters. The molecule has 0 saturated heterocycles. The summed E-state index contributed by atoms with van der Waals surface area (Å²) >= 11 is 0. The molecule has 6 nitrogen and oxygen atoms in total. The molecular formula is C27H23N3O3. The molecule has 0 unspecified atom stereocenters. The second-order valence-corrected chi connectivity index (χ2v) is 8.34. The van der Waals surface area contributed by atoms with Gasteiger partial charge in [-0.05, 0) is 50.1 Å². The number of nitrogens with zero attached hydrogens (tertiary/aromatic N) is 3. The first kappa shape index (κ1) is 20.7. The van der Waals surface area contributed by atoms with Crippen molar-refractivity contribution in [1.82, 2.24) is 14.7 Å². The van der Waals surface area contributed by atoms with Gasteiger partial charge in [0, 0.05) is 41.0 Å². The average molecular weight is 437 g/mol. The Kier molecular flexibility index (Phi) is 5.05. The van der Waals surface area contributed by atoms with Crippen LogP contribution >= 0.6 is 0 Å². The Labute approximate surface area is 191 Å². The van der Waals surface area contributed by atoms with Gasteiger partial charge >= 0.3 is 5.97 Å². The molecule has 6 heteroatoms. The van der Waals surface area contributed by atoms with Crippen molar-refractivity contribution >= 4 is 17.0 Å². The zero-order chi connectivity index (χ0) is 23.1. The number of hydrogen-bond donors (Lipinski definition) is 1. The number of benzene rings is 2. The lowest BCUT2D eigenvalue weighted by Crippen LogP contribution is -1.99. The predicted octanol–water partition coefficient (Wildman–Crippen LogP) is 6.03. The largest absolute Gasteiger partial charge is 0.478 e. The summed E-state index contributed by atoms with van der Waals surface area (Å²) in [5.74, 6) is -0.211. The Hall–Kier alpha value is -4.19. The molecule has 0 aliphatic carbocycles. The van der Waals surface area contributed by atoms with Crippen LogP contribution in [-0.4, -0.2) is 25.8 Å². The summed E-state index contributed by atoms with van der Waals surface area (Å²) in [5, 5.41) is 14.5. The van der Waals surface area contributed by atoms with Gasteiger partial charge in [0.05, 0.1) is 11.3 Å². The molecule has 0 amide bonds. The fourth-order valence-electron chi connectivity index (χ4n) is 4.38. The summed E-state index contributed by atoms with van der Waals surface area (Å²) in [4.78, 5) is 16.4. The van der Waals surface area contributed by atoms with Gasteiger partial charge in [0.25, 0.3) is 0 Å². The third kappa shape index (κ3) is 3.80. The van der Waals surface area contributed by atoms with Crippen LogP contribution in [-0.2, 0) is 6.54 Å². The van der Waals surface area contributed by atoms with Gasteiger partial charge in [-0.15, -0.1) is 0 Å². The molecule has 3 aromatic heterocycles. The first-order chi connectivity index (χ1) is 15.9. The van der Waals surface area contributed by atoms with Crippen molar-refractivity contribution in [3.63, 3.8) is 0 Å². The Morgan fingerprint density at radius 1 is 1.03 bits per heavy atom. The molecule has 0 saturated carbocycles. The van der Waals surface area contributed by atoms with Crippen LogP contribution in [0, 0.1) is 20.8 Å². The van der Waals surface area contributed by atoms with Gasteiger partial charge in [0.1, 0.15) is 11.4 Å². The Morgan fingerprint density at radius 2 is 1.85 bits per heavy atom. The zero-order valence-electron chi connectivity index (χ0n) is 18.7. The van der Waals surface area contributed by atoms with E-state index in [0.29, 0.717) is 6.54 Å². The summed E-state index contributed by atoms with van der Waals surface area (Å²) in [5.41, 5.74) is 7.89. The topological polar surface area (TPSA) is 81.2 Å². The van der Waals surface area contributed by atoms with Gasteiger partial charge in [0.2, 0.25) is 0 Å². The third-order valence-electron chi connectivity index (χ3n) is 5.89. The summed E-state index contributed by atoms with van der Waals surface area (Å²) in [6.07, 6.45) is 3.90. The fraction of sp³-hybridized carbons (Fsp3) is 0.148. The predicted molar refractivity (Wildman–Crippen MR) is 127 cm³/mol. The molecule has 1 N–H and O–H groups in total. The number of carbonyl (C=O) groups is 1. The molecule has 3 heterocycles. The maximum atomic E-state index is 11.6. The maximum Gasteiger partial charge on any atom is 0.335 e. The lowest BCUT2D eigenvalue weighted by molar-refractivity contribution is 0.0697. The molecule has 5 aromatic rings. The van der Waals surface area contributed by atoms with Crippen molar-refractivity contribution in [1.29, 1.82) is 0 Å². The highest BCUT2D eigenvalue weighted by atomic mass is 16.5. The smallest absolute Gasteiger partial charge is 0.335 e. The van der Waals surface area contributed by atoms with Crippen LogP contribution in [0.3, 0.4) is 0 Å². The van der Waals surface area contributed by atoms with Gasteiger partial charge in [-0.1, -0.05) is 47.1 Å². The molecule has 164 valence electrons. The number of rotatable bonds is 5. The summed E-state index contributed by atoms with van der Waals surface area (Å²) in [6.45, 7) is 6.54. The van der Waals surface area contributed by atoms with Crippen LogP contribution in [0.1, 0.15) is 32.9 Å². The zero-order valence-corrected chi connectivity index (χ0v) is 18.7.